The first-order chi connectivity index (χ1) is 9.69. The van der Waals surface area contributed by atoms with Gasteiger partial charge in [-0.15, -0.1) is 0 Å². The van der Waals surface area contributed by atoms with Crippen LogP contribution in [0.1, 0.15) is 21.4 Å². The minimum Gasteiger partial charge on any atom is -0.496 e. The number of hydrogen-bond donors (Lipinski definition) is 0. The van der Waals surface area contributed by atoms with E-state index in [1.54, 1.807) is 13.2 Å². The number of thioether (sulfide) groups is 1. The molecule has 0 radical (unpaired) electrons. The SMILES string of the molecule is COc1ccc([C@H]2OC(=O)c3ccccc3S2)cc1Br. The van der Waals surface area contributed by atoms with Crippen molar-refractivity contribution < 1.29 is 14.3 Å². The molecule has 1 atom stereocenters. The van der Waals surface area contributed by atoms with Crippen LogP contribution in [0.4, 0.5) is 0 Å². The predicted octanol–water partition coefficient (Wildman–Crippen LogP) is 4.42. The number of cyclic esters (lactones) is 1. The maximum atomic E-state index is 12.0. The van der Waals surface area contributed by atoms with Gasteiger partial charge in [0.2, 0.25) is 0 Å². The van der Waals surface area contributed by atoms with Gasteiger partial charge in [-0.3, -0.25) is 0 Å². The molecule has 0 aromatic heterocycles. The molecule has 102 valence electrons. The number of rotatable bonds is 2. The van der Waals surface area contributed by atoms with Crippen LogP contribution >= 0.6 is 27.7 Å². The number of carbonyl (C=O) groups is 1. The van der Waals surface area contributed by atoms with Crippen molar-refractivity contribution in [1.29, 1.82) is 0 Å². The lowest BCUT2D eigenvalue weighted by Crippen LogP contribution is -2.15. The second-order valence-electron chi connectivity index (χ2n) is 4.25. The van der Waals surface area contributed by atoms with Crippen molar-refractivity contribution in [3.63, 3.8) is 0 Å². The normalized spacial score (nSPS) is 17.3. The van der Waals surface area contributed by atoms with Crippen molar-refractivity contribution in [2.75, 3.05) is 7.11 Å². The Balaban J connectivity index is 1.94. The summed E-state index contributed by atoms with van der Waals surface area (Å²) < 4.78 is 11.5. The standard InChI is InChI=1S/C15H11BrO3S/c1-18-12-7-6-9(8-11(12)16)15-19-14(17)10-4-2-3-5-13(10)20-15/h2-8,15H,1H3/t15-/m0/s1. The molecule has 0 N–H and O–H groups in total. The second kappa shape index (κ2) is 5.50. The predicted molar refractivity (Wildman–Crippen MR) is 81.1 cm³/mol. The van der Waals surface area contributed by atoms with Gasteiger partial charge < -0.3 is 9.47 Å². The largest absolute Gasteiger partial charge is 0.496 e. The maximum absolute atomic E-state index is 12.0. The number of halogens is 1. The van der Waals surface area contributed by atoms with Gasteiger partial charge in [0.15, 0.2) is 5.44 Å². The van der Waals surface area contributed by atoms with Crippen molar-refractivity contribution >= 4 is 33.7 Å². The van der Waals surface area contributed by atoms with E-state index in [2.05, 4.69) is 15.9 Å². The molecule has 1 aliphatic rings. The first kappa shape index (κ1) is 13.5. The summed E-state index contributed by atoms with van der Waals surface area (Å²) >= 11 is 4.98. The molecule has 20 heavy (non-hydrogen) atoms. The number of ether oxygens (including phenoxy) is 2. The number of carbonyl (C=O) groups excluding carboxylic acids is 1. The lowest BCUT2D eigenvalue weighted by atomic mass is 10.2. The summed E-state index contributed by atoms with van der Waals surface area (Å²) in [5.41, 5.74) is 1.21. The van der Waals surface area contributed by atoms with Gasteiger partial charge in [-0.1, -0.05) is 30.0 Å². The number of hydrogen-bond acceptors (Lipinski definition) is 4. The van der Waals surface area contributed by atoms with Crippen LogP contribution < -0.4 is 4.74 Å². The highest BCUT2D eigenvalue weighted by Crippen LogP contribution is 2.43. The Morgan fingerprint density at radius 2 is 2.05 bits per heavy atom. The van der Waals surface area contributed by atoms with Gasteiger partial charge in [0.25, 0.3) is 0 Å². The van der Waals surface area contributed by atoms with E-state index in [9.17, 15) is 4.79 Å². The van der Waals surface area contributed by atoms with Crippen molar-refractivity contribution in [3.05, 3.63) is 58.1 Å². The monoisotopic (exact) mass is 350 g/mol. The van der Waals surface area contributed by atoms with Gasteiger partial charge >= 0.3 is 5.97 Å². The molecule has 1 heterocycles. The van der Waals surface area contributed by atoms with E-state index in [0.29, 0.717) is 5.56 Å². The van der Waals surface area contributed by atoms with Gasteiger partial charge in [-0.2, -0.15) is 0 Å². The smallest absolute Gasteiger partial charge is 0.340 e. The quantitative estimate of drug-likeness (QED) is 0.751. The summed E-state index contributed by atoms with van der Waals surface area (Å²) in [5, 5.41) is 0. The van der Waals surface area contributed by atoms with Crippen molar-refractivity contribution in [3.8, 4) is 5.75 Å². The summed E-state index contributed by atoms with van der Waals surface area (Å²) in [6, 6.07) is 13.2. The van der Waals surface area contributed by atoms with Gasteiger partial charge in [0.05, 0.1) is 17.1 Å². The lowest BCUT2D eigenvalue weighted by molar-refractivity contribution is 0.0439. The fourth-order valence-corrected chi connectivity index (χ4v) is 3.65. The van der Waals surface area contributed by atoms with Crippen LogP contribution in [0.3, 0.4) is 0 Å². The lowest BCUT2D eigenvalue weighted by Gasteiger charge is -2.24. The zero-order valence-corrected chi connectivity index (χ0v) is 13.0. The highest BCUT2D eigenvalue weighted by molar-refractivity contribution is 9.10. The van der Waals surface area contributed by atoms with Crippen LogP contribution in [0, 0.1) is 0 Å². The Kier molecular flexibility index (Phi) is 3.72. The van der Waals surface area contributed by atoms with E-state index < -0.39 is 0 Å². The van der Waals surface area contributed by atoms with Crippen LogP contribution in [-0.4, -0.2) is 13.1 Å². The van der Waals surface area contributed by atoms with Crippen LogP contribution in [-0.2, 0) is 4.74 Å². The van der Waals surface area contributed by atoms with E-state index in [1.807, 2.05) is 36.4 Å². The molecule has 0 fully saturated rings. The van der Waals surface area contributed by atoms with E-state index in [4.69, 9.17) is 9.47 Å². The molecule has 0 saturated carbocycles. The molecule has 2 aromatic carbocycles. The van der Waals surface area contributed by atoms with Gasteiger partial charge in [-0.05, 0) is 40.2 Å². The maximum Gasteiger partial charge on any atom is 0.340 e. The minimum absolute atomic E-state index is 0.281. The Bertz CT molecular complexity index is 672. The third kappa shape index (κ3) is 2.43. The molecular formula is C15H11BrO3S. The molecule has 2 aromatic rings. The number of benzene rings is 2. The number of esters is 1. The molecule has 0 bridgehead atoms. The topological polar surface area (TPSA) is 35.5 Å². The number of methoxy groups -OCH3 is 1. The molecule has 0 saturated heterocycles. The fourth-order valence-electron chi connectivity index (χ4n) is 2.00. The van der Waals surface area contributed by atoms with Gasteiger partial charge in [0.1, 0.15) is 5.75 Å². The molecule has 0 spiro atoms. The van der Waals surface area contributed by atoms with Crippen molar-refractivity contribution in [2.45, 2.75) is 10.3 Å². The average molecular weight is 351 g/mol. The Labute approximate surface area is 129 Å². The Morgan fingerprint density at radius 1 is 1.25 bits per heavy atom. The zero-order chi connectivity index (χ0) is 14.1. The molecule has 3 rings (SSSR count). The van der Waals surface area contributed by atoms with Crippen molar-refractivity contribution in [1.82, 2.24) is 0 Å². The Hall–Kier alpha value is -1.46. The van der Waals surface area contributed by atoms with E-state index >= 15 is 0 Å². The highest BCUT2D eigenvalue weighted by atomic mass is 79.9. The Morgan fingerprint density at radius 3 is 2.80 bits per heavy atom. The molecule has 3 nitrogen and oxygen atoms in total. The van der Waals surface area contributed by atoms with E-state index in [-0.39, 0.29) is 11.4 Å². The summed E-state index contributed by atoms with van der Waals surface area (Å²) in [7, 11) is 1.62. The second-order valence-corrected chi connectivity index (χ2v) is 6.20. The first-order valence-corrected chi connectivity index (χ1v) is 7.66. The van der Waals surface area contributed by atoms with Crippen molar-refractivity contribution in [2.24, 2.45) is 0 Å². The summed E-state index contributed by atoms with van der Waals surface area (Å²) in [6.07, 6.45) is 0. The molecule has 0 amide bonds. The zero-order valence-electron chi connectivity index (χ0n) is 10.6. The van der Waals surface area contributed by atoms with Crippen LogP contribution in [0.2, 0.25) is 0 Å². The molecular weight excluding hydrogens is 340 g/mol. The van der Waals surface area contributed by atoms with E-state index in [0.717, 1.165) is 20.7 Å². The third-order valence-corrected chi connectivity index (χ3v) is 4.82. The summed E-state index contributed by atoms with van der Waals surface area (Å²) in [6.45, 7) is 0. The summed E-state index contributed by atoms with van der Waals surface area (Å²) in [4.78, 5) is 13.0. The third-order valence-electron chi connectivity index (χ3n) is 3.00. The molecule has 0 aliphatic carbocycles. The molecule has 1 aliphatic heterocycles. The van der Waals surface area contributed by atoms with Gasteiger partial charge in [-0.25, -0.2) is 4.79 Å². The first-order valence-electron chi connectivity index (χ1n) is 5.99. The highest BCUT2D eigenvalue weighted by Gasteiger charge is 2.28. The van der Waals surface area contributed by atoms with Gasteiger partial charge in [0, 0.05) is 10.5 Å². The summed E-state index contributed by atoms with van der Waals surface area (Å²) in [5.74, 6) is 0.470. The molecule has 0 unspecified atom stereocenters. The van der Waals surface area contributed by atoms with Crippen LogP contribution in [0.5, 0.6) is 5.75 Å². The minimum atomic E-state index is -0.334. The number of fused-ring (bicyclic) bond motifs is 1. The molecule has 5 heteroatoms. The fraction of sp³-hybridized carbons (Fsp3) is 0.133. The van der Waals surface area contributed by atoms with E-state index in [1.165, 1.54) is 11.8 Å². The average Bonchev–Trinajstić information content (AvgIpc) is 2.47. The van der Waals surface area contributed by atoms with Crippen LogP contribution in [0.15, 0.2) is 51.8 Å². The van der Waals surface area contributed by atoms with Crippen LogP contribution in [0.25, 0.3) is 0 Å².